The lowest BCUT2D eigenvalue weighted by Gasteiger charge is -1.94. The molecule has 14 heavy (non-hydrogen) atoms. The lowest BCUT2D eigenvalue weighted by atomic mass is 10.2. The third-order valence-electron chi connectivity index (χ3n) is 2.46. The van der Waals surface area contributed by atoms with Crippen LogP contribution in [-0.2, 0) is 17.8 Å². The maximum Gasteiger partial charge on any atom is 0.130 e. The van der Waals surface area contributed by atoms with Gasteiger partial charge < -0.3 is 4.79 Å². The maximum atomic E-state index is 10.8. The molecule has 1 saturated carbocycles. The predicted molar refractivity (Wildman–Crippen MR) is 51.7 cm³/mol. The number of nitrogens with zero attached hydrogens (tertiary/aromatic N) is 3. The minimum atomic E-state index is 0.210. The van der Waals surface area contributed by atoms with E-state index in [1.165, 1.54) is 12.8 Å². The summed E-state index contributed by atoms with van der Waals surface area (Å²) in [6, 6.07) is 0. The van der Waals surface area contributed by atoms with Crippen LogP contribution in [0.25, 0.3) is 0 Å². The SMILES string of the molecule is CC(=O)CCc1cn(CC2CC2)nn1. The number of hydrogen-bond donors (Lipinski definition) is 0. The van der Waals surface area contributed by atoms with E-state index in [0.717, 1.165) is 24.6 Å². The third kappa shape index (κ3) is 2.65. The van der Waals surface area contributed by atoms with Gasteiger partial charge in [0.2, 0.25) is 0 Å². The zero-order chi connectivity index (χ0) is 9.97. The number of hydrogen-bond acceptors (Lipinski definition) is 3. The van der Waals surface area contributed by atoms with Crippen LogP contribution in [0.3, 0.4) is 0 Å². The molecule has 0 saturated heterocycles. The highest BCUT2D eigenvalue weighted by molar-refractivity contribution is 5.75. The lowest BCUT2D eigenvalue weighted by Crippen LogP contribution is -1.99. The van der Waals surface area contributed by atoms with Crippen molar-refractivity contribution >= 4 is 5.78 Å². The van der Waals surface area contributed by atoms with Gasteiger partial charge in [0.25, 0.3) is 0 Å². The number of carbonyl (C=O) groups excluding carboxylic acids is 1. The van der Waals surface area contributed by atoms with Crippen LogP contribution in [0.15, 0.2) is 6.20 Å². The Morgan fingerprint density at radius 1 is 1.64 bits per heavy atom. The van der Waals surface area contributed by atoms with Gasteiger partial charge in [-0.25, -0.2) is 0 Å². The van der Waals surface area contributed by atoms with Gasteiger partial charge >= 0.3 is 0 Å². The molecule has 1 aromatic heterocycles. The molecular weight excluding hydrogens is 178 g/mol. The molecule has 0 amide bonds. The average Bonchev–Trinajstić information content (AvgIpc) is 2.81. The highest BCUT2D eigenvalue weighted by Crippen LogP contribution is 2.30. The molecule has 0 aromatic carbocycles. The van der Waals surface area contributed by atoms with Gasteiger partial charge in [0.05, 0.1) is 5.69 Å². The summed E-state index contributed by atoms with van der Waals surface area (Å²) in [6.07, 6.45) is 5.90. The van der Waals surface area contributed by atoms with E-state index in [1.54, 1.807) is 6.92 Å². The summed E-state index contributed by atoms with van der Waals surface area (Å²) in [5.41, 5.74) is 0.931. The summed E-state index contributed by atoms with van der Waals surface area (Å²) in [6.45, 7) is 2.60. The molecule has 0 aliphatic heterocycles. The van der Waals surface area contributed by atoms with Crippen LogP contribution >= 0.6 is 0 Å². The molecule has 1 heterocycles. The largest absolute Gasteiger partial charge is 0.300 e. The predicted octanol–water partition coefficient (Wildman–Crippen LogP) is 1.21. The summed E-state index contributed by atoms with van der Waals surface area (Å²) in [5.74, 6) is 1.03. The fraction of sp³-hybridized carbons (Fsp3) is 0.700. The van der Waals surface area contributed by atoms with Crippen molar-refractivity contribution in [2.45, 2.75) is 39.2 Å². The number of aryl methyl sites for hydroxylation is 1. The standard InChI is InChI=1S/C10H15N3O/c1-8(14)2-5-10-7-13(12-11-10)6-9-3-4-9/h7,9H,2-6H2,1H3. The highest BCUT2D eigenvalue weighted by atomic mass is 16.1. The first-order valence-electron chi connectivity index (χ1n) is 5.12. The average molecular weight is 193 g/mol. The van der Waals surface area contributed by atoms with E-state index in [-0.39, 0.29) is 5.78 Å². The summed E-state index contributed by atoms with van der Waals surface area (Å²) < 4.78 is 1.90. The van der Waals surface area contributed by atoms with Crippen molar-refractivity contribution in [3.63, 3.8) is 0 Å². The lowest BCUT2D eigenvalue weighted by molar-refractivity contribution is -0.116. The van der Waals surface area contributed by atoms with Gasteiger partial charge in [-0.15, -0.1) is 5.10 Å². The summed E-state index contributed by atoms with van der Waals surface area (Å²) in [7, 11) is 0. The molecule has 2 rings (SSSR count). The monoisotopic (exact) mass is 193 g/mol. The molecule has 0 bridgehead atoms. The van der Waals surface area contributed by atoms with E-state index in [9.17, 15) is 4.79 Å². The molecule has 4 heteroatoms. The van der Waals surface area contributed by atoms with E-state index in [2.05, 4.69) is 10.3 Å². The van der Waals surface area contributed by atoms with E-state index in [1.807, 2.05) is 10.9 Å². The van der Waals surface area contributed by atoms with Crippen molar-refractivity contribution in [1.29, 1.82) is 0 Å². The van der Waals surface area contributed by atoms with Crippen molar-refractivity contribution in [1.82, 2.24) is 15.0 Å². The van der Waals surface area contributed by atoms with Crippen LogP contribution in [0.5, 0.6) is 0 Å². The Morgan fingerprint density at radius 3 is 3.07 bits per heavy atom. The first-order valence-corrected chi connectivity index (χ1v) is 5.12. The Kier molecular flexibility index (Phi) is 2.61. The first-order chi connectivity index (χ1) is 6.74. The van der Waals surface area contributed by atoms with Crippen LogP contribution in [0.4, 0.5) is 0 Å². The summed E-state index contributed by atoms with van der Waals surface area (Å²) in [4.78, 5) is 10.8. The second kappa shape index (κ2) is 3.90. The Balaban J connectivity index is 1.85. The van der Waals surface area contributed by atoms with Crippen LogP contribution in [0.2, 0.25) is 0 Å². The van der Waals surface area contributed by atoms with E-state index in [4.69, 9.17) is 0 Å². The van der Waals surface area contributed by atoms with Crippen LogP contribution in [0, 0.1) is 5.92 Å². The Labute approximate surface area is 83.3 Å². The molecule has 0 N–H and O–H groups in total. The van der Waals surface area contributed by atoms with Gasteiger partial charge in [-0.1, -0.05) is 5.21 Å². The molecular formula is C10H15N3O. The van der Waals surface area contributed by atoms with Crippen LogP contribution < -0.4 is 0 Å². The normalized spacial score (nSPS) is 15.8. The van der Waals surface area contributed by atoms with Gasteiger partial charge in [0, 0.05) is 19.2 Å². The topological polar surface area (TPSA) is 47.8 Å². The molecule has 0 atom stereocenters. The van der Waals surface area contributed by atoms with Crippen molar-refractivity contribution in [2.75, 3.05) is 0 Å². The Bertz CT molecular complexity index is 328. The first kappa shape index (κ1) is 9.37. The smallest absolute Gasteiger partial charge is 0.130 e. The number of ketones is 1. The van der Waals surface area contributed by atoms with E-state index < -0.39 is 0 Å². The third-order valence-corrected chi connectivity index (χ3v) is 2.46. The molecule has 4 nitrogen and oxygen atoms in total. The number of carbonyl (C=O) groups is 1. The zero-order valence-electron chi connectivity index (χ0n) is 8.44. The van der Waals surface area contributed by atoms with Gasteiger partial charge in [0.1, 0.15) is 5.78 Å². The van der Waals surface area contributed by atoms with Gasteiger partial charge in [0.15, 0.2) is 0 Å². The van der Waals surface area contributed by atoms with Gasteiger partial charge in [-0.3, -0.25) is 4.68 Å². The van der Waals surface area contributed by atoms with Gasteiger partial charge in [-0.05, 0) is 32.1 Å². The molecule has 1 aliphatic carbocycles. The minimum absolute atomic E-state index is 0.210. The second-order valence-electron chi connectivity index (χ2n) is 4.08. The Morgan fingerprint density at radius 2 is 2.43 bits per heavy atom. The summed E-state index contributed by atoms with van der Waals surface area (Å²) in [5, 5.41) is 8.06. The number of rotatable bonds is 5. The quantitative estimate of drug-likeness (QED) is 0.706. The molecule has 0 spiro atoms. The Hall–Kier alpha value is -1.19. The number of Topliss-reactive ketones (excluding diaryl/α,β-unsaturated/α-hetero) is 1. The maximum absolute atomic E-state index is 10.8. The molecule has 0 unspecified atom stereocenters. The fourth-order valence-corrected chi connectivity index (χ4v) is 1.41. The van der Waals surface area contributed by atoms with E-state index in [0.29, 0.717) is 6.42 Å². The summed E-state index contributed by atoms with van der Waals surface area (Å²) >= 11 is 0. The van der Waals surface area contributed by atoms with Crippen molar-refractivity contribution < 1.29 is 4.79 Å². The molecule has 0 radical (unpaired) electrons. The van der Waals surface area contributed by atoms with Crippen molar-refractivity contribution in [3.05, 3.63) is 11.9 Å². The zero-order valence-corrected chi connectivity index (χ0v) is 8.44. The molecule has 1 aromatic rings. The van der Waals surface area contributed by atoms with Crippen LogP contribution in [-0.4, -0.2) is 20.8 Å². The fourth-order valence-electron chi connectivity index (χ4n) is 1.41. The molecule has 1 fully saturated rings. The van der Waals surface area contributed by atoms with Crippen molar-refractivity contribution in [3.8, 4) is 0 Å². The van der Waals surface area contributed by atoms with Gasteiger partial charge in [-0.2, -0.15) is 0 Å². The molecule has 76 valence electrons. The number of aromatic nitrogens is 3. The highest BCUT2D eigenvalue weighted by Gasteiger charge is 2.22. The minimum Gasteiger partial charge on any atom is -0.300 e. The molecule has 1 aliphatic rings. The second-order valence-corrected chi connectivity index (χ2v) is 4.08. The van der Waals surface area contributed by atoms with E-state index >= 15 is 0 Å². The van der Waals surface area contributed by atoms with Crippen LogP contribution in [0.1, 0.15) is 31.9 Å². The van der Waals surface area contributed by atoms with Crippen molar-refractivity contribution in [2.24, 2.45) is 5.92 Å².